The largest absolute Gasteiger partial charge is 0.360 e. The van der Waals surface area contributed by atoms with Crippen LogP contribution in [0.1, 0.15) is 33.6 Å². The maximum absolute atomic E-state index is 5.99. The van der Waals surface area contributed by atoms with Crippen molar-refractivity contribution in [3.05, 3.63) is 0 Å². The van der Waals surface area contributed by atoms with E-state index in [9.17, 15) is 0 Å². The van der Waals surface area contributed by atoms with Crippen LogP contribution >= 0.6 is 11.6 Å². The molecule has 0 bridgehead atoms. The van der Waals surface area contributed by atoms with Crippen molar-refractivity contribution >= 4 is 11.6 Å². The average molecular weight is 151 g/mol. The van der Waals surface area contributed by atoms with Crippen LogP contribution in [-0.4, -0.2) is 11.7 Å². The van der Waals surface area contributed by atoms with Crippen LogP contribution < -0.4 is 0 Å². The van der Waals surface area contributed by atoms with Gasteiger partial charge in [0.05, 0.1) is 0 Å². The summed E-state index contributed by atoms with van der Waals surface area (Å²) in [6, 6.07) is 0. The fourth-order valence-electron chi connectivity index (χ4n) is 0.713. The lowest BCUT2D eigenvalue weighted by Gasteiger charge is -2.23. The minimum absolute atomic E-state index is 0.394. The summed E-state index contributed by atoms with van der Waals surface area (Å²) in [4.78, 5) is 0. The van der Waals surface area contributed by atoms with E-state index >= 15 is 0 Å². The van der Waals surface area contributed by atoms with Crippen LogP contribution in [-0.2, 0) is 4.74 Å². The minimum atomic E-state index is -0.394. The highest BCUT2D eigenvalue weighted by atomic mass is 35.5. The molecule has 0 spiro atoms. The first-order chi connectivity index (χ1) is 4.18. The molecule has 0 aromatic carbocycles. The molecule has 2 heteroatoms. The molecule has 56 valence electrons. The molecule has 0 amide bonds. The summed E-state index contributed by atoms with van der Waals surface area (Å²) < 4.78 is 5.29. The summed E-state index contributed by atoms with van der Waals surface area (Å²) in [6.45, 7) is 6.73. The lowest BCUT2D eigenvalue weighted by atomic mass is 10.2. The molecule has 0 unspecified atom stereocenters. The molecule has 0 aromatic heterocycles. The second-order valence-corrected chi connectivity index (χ2v) is 2.71. The van der Waals surface area contributed by atoms with Gasteiger partial charge in [0, 0.05) is 6.61 Å². The van der Waals surface area contributed by atoms with Gasteiger partial charge in [-0.05, 0) is 19.8 Å². The first-order valence-corrected chi connectivity index (χ1v) is 3.89. The Morgan fingerprint density at radius 3 is 1.78 bits per heavy atom. The Morgan fingerprint density at radius 2 is 1.67 bits per heavy atom. The highest BCUT2D eigenvalue weighted by Gasteiger charge is 2.21. The summed E-state index contributed by atoms with van der Waals surface area (Å²) in [6.07, 6.45) is 1.75. The van der Waals surface area contributed by atoms with Crippen molar-refractivity contribution in [3.63, 3.8) is 0 Å². The van der Waals surface area contributed by atoms with Crippen molar-refractivity contribution < 1.29 is 4.74 Å². The molecule has 0 atom stereocenters. The Kier molecular flexibility index (Phi) is 4.24. The summed E-state index contributed by atoms with van der Waals surface area (Å²) in [5.41, 5.74) is 0. The lowest BCUT2D eigenvalue weighted by Crippen LogP contribution is -2.23. The van der Waals surface area contributed by atoms with Gasteiger partial charge in [0.25, 0.3) is 0 Å². The van der Waals surface area contributed by atoms with Crippen LogP contribution in [0.2, 0.25) is 0 Å². The molecule has 0 aliphatic rings. The predicted octanol–water partition coefficient (Wildman–Crippen LogP) is 2.78. The molecule has 0 N–H and O–H groups in total. The zero-order valence-electron chi connectivity index (χ0n) is 6.41. The summed E-state index contributed by atoms with van der Waals surface area (Å²) in [5.74, 6) is 0. The number of hydrogen-bond acceptors (Lipinski definition) is 1. The third-order valence-electron chi connectivity index (χ3n) is 1.46. The van der Waals surface area contributed by atoms with Crippen molar-refractivity contribution in [2.75, 3.05) is 6.61 Å². The second-order valence-electron chi connectivity index (χ2n) is 2.02. The lowest BCUT2D eigenvalue weighted by molar-refractivity contribution is 0.0222. The maximum atomic E-state index is 5.99. The number of hydrogen-bond donors (Lipinski definition) is 0. The molecule has 0 aromatic rings. The minimum Gasteiger partial charge on any atom is -0.360 e. The quantitative estimate of drug-likeness (QED) is 0.560. The molecule has 0 rings (SSSR count). The fourth-order valence-corrected chi connectivity index (χ4v) is 0.822. The van der Waals surface area contributed by atoms with Crippen molar-refractivity contribution in [2.45, 2.75) is 38.7 Å². The fraction of sp³-hybridized carbons (Fsp3) is 1.00. The molecule has 0 heterocycles. The molecular formula is C7H15ClO. The monoisotopic (exact) mass is 150 g/mol. The van der Waals surface area contributed by atoms with Gasteiger partial charge in [0.15, 0.2) is 0 Å². The molecule has 0 fully saturated rings. The first-order valence-electron chi connectivity index (χ1n) is 3.51. The van der Waals surface area contributed by atoms with Gasteiger partial charge in [-0.2, -0.15) is 0 Å². The van der Waals surface area contributed by atoms with Gasteiger partial charge in [0.2, 0.25) is 0 Å². The predicted molar refractivity (Wildman–Crippen MR) is 40.8 cm³/mol. The molecule has 0 saturated heterocycles. The topological polar surface area (TPSA) is 9.23 Å². The van der Waals surface area contributed by atoms with Gasteiger partial charge in [-0.25, -0.2) is 0 Å². The molecular weight excluding hydrogens is 136 g/mol. The number of ether oxygens (including phenoxy) is 1. The Bertz CT molecular complexity index is 69.3. The Labute approximate surface area is 62.3 Å². The zero-order chi connectivity index (χ0) is 7.33. The van der Waals surface area contributed by atoms with Crippen molar-refractivity contribution in [3.8, 4) is 0 Å². The maximum Gasteiger partial charge on any atom is 0.141 e. The number of rotatable bonds is 4. The molecule has 0 saturated carbocycles. The van der Waals surface area contributed by atoms with E-state index in [4.69, 9.17) is 16.3 Å². The van der Waals surface area contributed by atoms with Gasteiger partial charge in [0.1, 0.15) is 5.06 Å². The van der Waals surface area contributed by atoms with Gasteiger partial charge in [-0.3, -0.25) is 0 Å². The third-order valence-corrected chi connectivity index (χ3v) is 2.10. The van der Waals surface area contributed by atoms with Crippen LogP contribution in [0.4, 0.5) is 0 Å². The van der Waals surface area contributed by atoms with Crippen molar-refractivity contribution in [1.29, 1.82) is 0 Å². The zero-order valence-corrected chi connectivity index (χ0v) is 7.16. The Hall–Kier alpha value is 0.250. The van der Waals surface area contributed by atoms with E-state index in [1.54, 1.807) is 0 Å². The van der Waals surface area contributed by atoms with Crippen LogP contribution in [0.25, 0.3) is 0 Å². The molecule has 1 nitrogen and oxygen atoms in total. The number of alkyl halides is 1. The summed E-state index contributed by atoms with van der Waals surface area (Å²) in [5, 5.41) is -0.394. The summed E-state index contributed by atoms with van der Waals surface area (Å²) >= 11 is 5.99. The first kappa shape index (κ1) is 9.25. The Balaban J connectivity index is 3.62. The van der Waals surface area contributed by atoms with Gasteiger partial charge >= 0.3 is 0 Å². The summed E-state index contributed by atoms with van der Waals surface area (Å²) in [7, 11) is 0. The highest BCUT2D eigenvalue weighted by Crippen LogP contribution is 2.24. The number of halogens is 1. The van der Waals surface area contributed by atoms with Crippen LogP contribution in [0, 0.1) is 0 Å². The van der Waals surface area contributed by atoms with Gasteiger partial charge in [-0.15, -0.1) is 0 Å². The van der Waals surface area contributed by atoms with Crippen LogP contribution in [0.3, 0.4) is 0 Å². The van der Waals surface area contributed by atoms with E-state index in [2.05, 4.69) is 0 Å². The average Bonchev–Trinajstić information content (AvgIpc) is 1.89. The Morgan fingerprint density at radius 1 is 1.22 bits per heavy atom. The smallest absolute Gasteiger partial charge is 0.141 e. The van der Waals surface area contributed by atoms with Gasteiger partial charge in [-0.1, -0.05) is 25.4 Å². The van der Waals surface area contributed by atoms with Crippen molar-refractivity contribution in [1.82, 2.24) is 0 Å². The van der Waals surface area contributed by atoms with E-state index in [1.807, 2.05) is 20.8 Å². The normalized spacial score (nSPS) is 12.0. The van der Waals surface area contributed by atoms with E-state index in [-0.39, 0.29) is 0 Å². The second kappa shape index (κ2) is 4.13. The highest BCUT2D eigenvalue weighted by molar-refractivity contribution is 6.22. The van der Waals surface area contributed by atoms with Gasteiger partial charge < -0.3 is 4.74 Å². The van der Waals surface area contributed by atoms with Crippen LogP contribution in [0.5, 0.6) is 0 Å². The third kappa shape index (κ3) is 3.07. The molecule has 0 radical (unpaired) electrons. The van der Waals surface area contributed by atoms with E-state index in [0.717, 1.165) is 12.8 Å². The molecule has 9 heavy (non-hydrogen) atoms. The van der Waals surface area contributed by atoms with E-state index in [0.29, 0.717) is 6.61 Å². The molecule has 0 aliphatic carbocycles. The SMILES string of the molecule is CCOC(Cl)(CC)CC. The van der Waals surface area contributed by atoms with E-state index in [1.165, 1.54) is 0 Å². The molecule has 0 aliphatic heterocycles. The van der Waals surface area contributed by atoms with Crippen molar-refractivity contribution in [2.24, 2.45) is 0 Å². The van der Waals surface area contributed by atoms with Crippen LogP contribution in [0.15, 0.2) is 0 Å². The standard InChI is InChI=1S/C7H15ClO/c1-4-7(8,5-2)9-6-3/h4-6H2,1-3H3. The van der Waals surface area contributed by atoms with E-state index < -0.39 is 5.06 Å².